The van der Waals surface area contributed by atoms with Crippen LogP contribution in [0.2, 0.25) is 0 Å². The van der Waals surface area contributed by atoms with Crippen LogP contribution in [0.5, 0.6) is 0 Å². The van der Waals surface area contributed by atoms with Crippen molar-refractivity contribution in [2.24, 2.45) is 0 Å². The van der Waals surface area contributed by atoms with Crippen molar-refractivity contribution in [2.45, 2.75) is 74.7 Å². The third-order valence-corrected chi connectivity index (χ3v) is 7.81. The lowest BCUT2D eigenvalue weighted by atomic mass is 9.67. The summed E-state index contributed by atoms with van der Waals surface area (Å²) in [4.78, 5) is 0. The van der Waals surface area contributed by atoms with Crippen molar-refractivity contribution >= 4 is 21.5 Å². The Kier molecular flexibility index (Phi) is 11.9. The van der Waals surface area contributed by atoms with Crippen LogP contribution in [0.4, 0.5) is 0 Å². The maximum Gasteiger partial charge on any atom is 0.0714 e. The summed E-state index contributed by atoms with van der Waals surface area (Å²) in [5, 5.41) is 5.14. The van der Waals surface area contributed by atoms with E-state index >= 15 is 0 Å². The maximum atomic E-state index is 2.41. The summed E-state index contributed by atoms with van der Waals surface area (Å²) in [7, 11) is 0. The second kappa shape index (κ2) is 15.4. The Balaban J connectivity index is 0.000000588. The van der Waals surface area contributed by atoms with Gasteiger partial charge in [0.25, 0.3) is 0 Å². The van der Waals surface area contributed by atoms with Gasteiger partial charge in [-0.3, -0.25) is 0 Å². The summed E-state index contributed by atoms with van der Waals surface area (Å²) in [5.41, 5.74) is 10.2. The van der Waals surface area contributed by atoms with Crippen molar-refractivity contribution in [2.75, 3.05) is 0 Å². The highest BCUT2D eigenvalue weighted by Crippen LogP contribution is 2.56. The summed E-state index contributed by atoms with van der Waals surface area (Å²) in [6, 6.07) is 45.6. The first-order valence-corrected chi connectivity index (χ1v) is 16.4. The van der Waals surface area contributed by atoms with Crippen LogP contribution < -0.4 is 0 Å². The van der Waals surface area contributed by atoms with Crippen LogP contribution in [-0.2, 0) is 5.41 Å². The summed E-state index contributed by atoms with van der Waals surface area (Å²) in [5.74, 6) is 0. The second-order valence-corrected chi connectivity index (χ2v) is 9.97. The van der Waals surface area contributed by atoms with Gasteiger partial charge in [-0.05, 0) is 80.9 Å². The minimum Gasteiger partial charge on any atom is -0.0683 e. The summed E-state index contributed by atoms with van der Waals surface area (Å²) < 4.78 is 0. The van der Waals surface area contributed by atoms with Gasteiger partial charge in [-0.25, -0.2) is 0 Å². The van der Waals surface area contributed by atoms with E-state index < -0.39 is 0 Å². The van der Waals surface area contributed by atoms with E-state index in [1.54, 1.807) is 0 Å². The van der Waals surface area contributed by atoms with E-state index in [0.29, 0.717) is 0 Å². The number of benzene rings is 6. The molecule has 1 aliphatic rings. The Morgan fingerprint density at radius 3 is 1.07 bits per heavy atom. The zero-order valence-electron chi connectivity index (χ0n) is 28.0. The molecule has 0 aliphatic heterocycles. The van der Waals surface area contributed by atoms with E-state index in [0.717, 1.165) is 0 Å². The molecule has 222 valence electrons. The standard InChI is InChI=1S/C35H26.4C2H6/c1-23-11-13-27-21-29(17-15-25(27)19-23)35(30-18-16-26-20-24(2)12-14-28(26)22-30)33-9-5-3-7-31(33)32-8-4-6-10-34(32)35;4*1-2/h3-22H,1-2H3;4*1-2H3. The fourth-order valence-electron chi connectivity index (χ4n) is 6.22. The van der Waals surface area contributed by atoms with Gasteiger partial charge < -0.3 is 0 Å². The average molecular weight is 567 g/mol. The van der Waals surface area contributed by atoms with Gasteiger partial charge in [0.15, 0.2) is 0 Å². The third kappa shape index (κ3) is 6.02. The summed E-state index contributed by atoms with van der Waals surface area (Å²) in [6.07, 6.45) is 0. The highest BCUT2D eigenvalue weighted by atomic mass is 14.5. The molecular formula is C43H50. The van der Waals surface area contributed by atoms with Crippen LogP contribution in [-0.4, -0.2) is 0 Å². The first kappa shape index (κ1) is 33.3. The molecule has 0 radical (unpaired) electrons. The molecule has 0 amide bonds. The monoisotopic (exact) mass is 566 g/mol. The van der Waals surface area contributed by atoms with E-state index in [9.17, 15) is 0 Å². The molecule has 0 saturated heterocycles. The molecule has 43 heavy (non-hydrogen) atoms. The lowest BCUT2D eigenvalue weighted by molar-refractivity contribution is 0.771. The largest absolute Gasteiger partial charge is 0.0714 e. The second-order valence-electron chi connectivity index (χ2n) is 9.97. The Labute approximate surface area is 261 Å². The Bertz CT molecular complexity index is 1640. The van der Waals surface area contributed by atoms with E-state index in [-0.39, 0.29) is 5.41 Å². The third-order valence-electron chi connectivity index (χ3n) is 7.81. The summed E-state index contributed by atoms with van der Waals surface area (Å²) >= 11 is 0. The normalized spacial score (nSPS) is 11.7. The molecule has 1 aliphatic carbocycles. The lowest BCUT2D eigenvalue weighted by Crippen LogP contribution is -2.28. The van der Waals surface area contributed by atoms with Crippen molar-refractivity contribution in [1.29, 1.82) is 0 Å². The average Bonchev–Trinajstić information content (AvgIpc) is 3.39. The highest BCUT2D eigenvalue weighted by Gasteiger charge is 2.45. The Morgan fingerprint density at radius 2 is 0.674 bits per heavy atom. The van der Waals surface area contributed by atoms with E-state index in [1.165, 1.54) is 66.1 Å². The molecule has 0 atom stereocenters. The molecule has 0 N–H and O–H groups in total. The van der Waals surface area contributed by atoms with Crippen molar-refractivity contribution in [1.82, 2.24) is 0 Å². The number of hydrogen-bond donors (Lipinski definition) is 0. The predicted octanol–water partition coefficient (Wildman–Crippen LogP) is 13.1. The van der Waals surface area contributed by atoms with Crippen molar-refractivity contribution < 1.29 is 0 Å². The highest BCUT2D eigenvalue weighted by molar-refractivity contribution is 5.91. The van der Waals surface area contributed by atoms with Crippen molar-refractivity contribution in [3.8, 4) is 11.1 Å². The van der Waals surface area contributed by atoms with Gasteiger partial charge in [0, 0.05) is 0 Å². The maximum absolute atomic E-state index is 2.41. The molecule has 0 unspecified atom stereocenters. The van der Waals surface area contributed by atoms with Crippen LogP contribution in [0.25, 0.3) is 32.7 Å². The van der Waals surface area contributed by atoms with Gasteiger partial charge in [0.1, 0.15) is 0 Å². The molecule has 0 fully saturated rings. The van der Waals surface area contributed by atoms with Crippen LogP contribution in [0.3, 0.4) is 0 Å². The molecule has 0 heterocycles. The molecule has 0 aromatic heterocycles. The van der Waals surface area contributed by atoms with Crippen LogP contribution in [0.15, 0.2) is 121 Å². The molecule has 0 bridgehead atoms. The zero-order chi connectivity index (χ0) is 31.6. The zero-order valence-corrected chi connectivity index (χ0v) is 28.0. The van der Waals surface area contributed by atoms with Crippen LogP contribution in [0, 0.1) is 13.8 Å². The summed E-state index contributed by atoms with van der Waals surface area (Å²) in [6.45, 7) is 20.3. The van der Waals surface area contributed by atoms with Crippen LogP contribution >= 0.6 is 0 Å². The molecule has 0 saturated carbocycles. The fourth-order valence-corrected chi connectivity index (χ4v) is 6.22. The number of rotatable bonds is 2. The van der Waals surface area contributed by atoms with Gasteiger partial charge >= 0.3 is 0 Å². The first-order valence-electron chi connectivity index (χ1n) is 16.4. The minimum absolute atomic E-state index is 0.370. The molecule has 7 rings (SSSR count). The Morgan fingerprint density at radius 1 is 0.349 bits per heavy atom. The van der Waals surface area contributed by atoms with Crippen molar-refractivity contribution in [3.05, 3.63) is 155 Å². The SMILES string of the molecule is CC.CC.CC.CC.Cc1ccc2cc(C3(c4ccc5cc(C)ccc5c4)c4ccccc4-c4ccccc43)ccc2c1. The molecule has 0 spiro atoms. The van der Waals surface area contributed by atoms with Crippen LogP contribution in [0.1, 0.15) is 88.8 Å². The number of hydrogen-bond acceptors (Lipinski definition) is 0. The topological polar surface area (TPSA) is 0 Å². The number of fused-ring (bicyclic) bond motifs is 5. The molecule has 6 aromatic carbocycles. The van der Waals surface area contributed by atoms with Gasteiger partial charge in [-0.1, -0.05) is 176 Å². The van der Waals surface area contributed by atoms with Gasteiger partial charge in [0.2, 0.25) is 0 Å². The Hall–Kier alpha value is -4.16. The molecule has 0 heteroatoms. The molecule has 0 nitrogen and oxygen atoms in total. The lowest BCUT2D eigenvalue weighted by Gasteiger charge is -2.34. The van der Waals surface area contributed by atoms with Gasteiger partial charge in [-0.15, -0.1) is 0 Å². The number of aryl methyl sites for hydroxylation is 2. The first-order chi connectivity index (χ1) is 21.1. The molecular weight excluding hydrogens is 516 g/mol. The minimum atomic E-state index is -0.370. The van der Waals surface area contributed by atoms with Gasteiger partial charge in [0.05, 0.1) is 5.41 Å². The van der Waals surface area contributed by atoms with Gasteiger partial charge in [-0.2, -0.15) is 0 Å². The van der Waals surface area contributed by atoms with E-state index in [2.05, 4.69) is 135 Å². The predicted molar refractivity (Wildman–Crippen MR) is 194 cm³/mol. The quantitative estimate of drug-likeness (QED) is 0.195. The van der Waals surface area contributed by atoms with E-state index in [4.69, 9.17) is 0 Å². The molecule has 6 aromatic rings. The fraction of sp³-hybridized carbons (Fsp3) is 0.256. The van der Waals surface area contributed by atoms with E-state index in [1.807, 2.05) is 55.4 Å². The smallest absolute Gasteiger partial charge is 0.0683 e. The van der Waals surface area contributed by atoms with Crippen molar-refractivity contribution in [3.63, 3.8) is 0 Å².